The lowest BCUT2D eigenvalue weighted by molar-refractivity contribution is -0.144. The van der Waals surface area contributed by atoms with E-state index in [1.54, 1.807) is 0 Å². The quantitative estimate of drug-likeness (QED) is 0.112. The van der Waals surface area contributed by atoms with Crippen LogP contribution in [0.1, 0.15) is 82.1 Å². The number of hydrogen-bond donors (Lipinski definition) is 0. The molecule has 0 aliphatic rings. The number of carbonyl (C=O) groups is 2. The molecule has 0 N–H and O–H groups in total. The molecule has 0 saturated heterocycles. The Morgan fingerprint density at radius 3 is 1.03 bits per heavy atom. The summed E-state index contributed by atoms with van der Waals surface area (Å²) in [5.74, 6) is -0.981. The summed E-state index contributed by atoms with van der Waals surface area (Å²) in [6.45, 7) is 27.5. The Balaban J connectivity index is 0. The molecule has 0 radical (unpaired) electrons. The molecule has 10 nitrogen and oxygen atoms in total. The van der Waals surface area contributed by atoms with Gasteiger partial charge in [-0.1, -0.05) is 27.0 Å². The third-order valence-electron chi connectivity index (χ3n) is 4.56. The largest absolute Gasteiger partial charge is 0.544 e. The zero-order valence-corrected chi connectivity index (χ0v) is 27.2. The molecule has 12 heteroatoms. The molecule has 0 spiro atoms. The second kappa shape index (κ2) is 21.4. The van der Waals surface area contributed by atoms with Crippen LogP contribution in [0.3, 0.4) is 0 Å². The van der Waals surface area contributed by atoms with E-state index < -0.39 is 41.0 Å². The summed E-state index contributed by atoms with van der Waals surface area (Å²) in [7, 11) is -6.12. The summed E-state index contributed by atoms with van der Waals surface area (Å²) in [6, 6.07) is 0. The second-order valence-electron chi connectivity index (χ2n) is 8.35. The number of hydrogen-bond acceptors (Lipinski definition) is 10. The lowest BCUT2D eigenvalue weighted by Gasteiger charge is -2.35. The maximum absolute atomic E-state index is 11.4. The Morgan fingerprint density at radius 2 is 0.868 bits per heavy atom. The Labute approximate surface area is 232 Å². The predicted molar refractivity (Wildman–Crippen MR) is 151 cm³/mol. The molecule has 0 aliphatic carbocycles. The lowest BCUT2D eigenvalue weighted by atomic mass is 10.5. The predicted octanol–water partition coefficient (Wildman–Crippen LogP) is 4.94. The first-order valence-corrected chi connectivity index (χ1v) is 17.1. The number of carbonyl (C=O) groups excluding carboxylic acids is 2. The molecule has 0 aliphatic heterocycles. The van der Waals surface area contributed by atoms with Crippen molar-refractivity contribution < 1.29 is 45.6 Å². The standard InChI is InChI=1S/2C13H26O5Si/c2*1-7-12(14)17-13(8-2)19(15-9-3,16-10-4)18-11(5)6/h2*7,11,13H,1,8-10H2,2-6H3. The van der Waals surface area contributed by atoms with Crippen molar-refractivity contribution in [2.45, 2.75) is 106 Å². The van der Waals surface area contributed by atoms with Gasteiger partial charge in [-0.25, -0.2) is 9.59 Å². The van der Waals surface area contributed by atoms with Gasteiger partial charge in [0.15, 0.2) is 11.5 Å². The Morgan fingerprint density at radius 1 is 0.605 bits per heavy atom. The van der Waals surface area contributed by atoms with Crippen LogP contribution in [0.2, 0.25) is 0 Å². The Kier molecular flexibility index (Phi) is 21.9. The molecule has 0 bridgehead atoms. The molecular formula is C26H52O10Si2. The molecule has 0 rings (SSSR count). The number of esters is 2. The minimum Gasteiger partial charge on any atom is -0.455 e. The van der Waals surface area contributed by atoms with Gasteiger partial charge >= 0.3 is 29.5 Å². The van der Waals surface area contributed by atoms with E-state index >= 15 is 0 Å². The Bertz CT molecular complexity index is 604. The fraction of sp³-hybridized carbons (Fsp3) is 0.769. The summed E-state index contributed by atoms with van der Waals surface area (Å²) in [5.41, 5.74) is -1.03. The van der Waals surface area contributed by atoms with Gasteiger partial charge in [-0.15, -0.1) is 0 Å². The summed E-state index contributed by atoms with van der Waals surface area (Å²) in [5, 5.41) is 0. The van der Waals surface area contributed by atoms with Crippen LogP contribution >= 0.6 is 0 Å². The zero-order valence-electron chi connectivity index (χ0n) is 25.2. The van der Waals surface area contributed by atoms with Gasteiger partial charge in [0.05, 0.1) is 0 Å². The summed E-state index contributed by atoms with van der Waals surface area (Å²) in [4.78, 5) is 22.9. The molecular weight excluding hydrogens is 528 g/mol. The summed E-state index contributed by atoms with van der Waals surface area (Å²) in [6.07, 6.45) is 3.27. The molecule has 0 aromatic rings. The fourth-order valence-electron chi connectivity index (χ4n) is 3.39. The highest BCUT2D eigenvalue weighted by Crippen LogP contribution is 2.24. The van der Waals surface area contributed by atoms with Crippen molar-refractivity contribution in [2.75, 3.05) is 26.4 Å². The first kappa shape index (κ1) is 38.8. The van der Waals surface area contributed by atoms with Crippen LogP contribution in [0.5, 0.6) is 0 Å². The van der Waals surface area contributed by atoms with Crippen LogP contribution in [0.4, 0.5) is 0 Å². The molecule has 224 valence electrons. The van der Waals surface area contributed by atoms with Gasteiger partial charge < -0.3 is 36.0 Å². The van der Waals surface area contributed by atoms with Crippen molar-refractivity contribution in [1.82, 2.24) is 0 Å². The van der Waals surface area contributed by atoms with Crippen molar-refractivity contribution in [3.63, 3.8) is 0 Å². The first-order chi connectivity index (χ1) is 17.9. The summed E-state index contributed by atoms with van der Waals surface area (Å²) < 4.78 is 45.5. The third kappa shape index (κ3) is 14.1. The second-order valence-corrected chi connectivity index (χ2v) is 13.7. The smallest absolute Gasteiger partial charge is 0.455 e. The molecule has 0 saturated carbocycles. The minimum absolute atomic E-state index is 0.0683. The minimum atomic E-state index is -3.06. The van der Waals surface area contributed by atoms with Crippen LogP contribution in [-0.2, 0) is 45.6 Å². The van der Waals surface area contributed by atoms with Gasteiger partial charge in [0.2, 0.25) is 0 Å². The topological polar surface area (TPSA) is 108 Å². The monoisotopic (exact) mass is 580 g/mol. The van der Waals surface area contributed by atoms with Crippen LogP contribution < -0.4 is 0 Å². The molecule has 0 aromatic heterocycles. The van der Waals surface area contributed by atoms with E-state index in [9.17, 15) is 9.59 Å². The zero-order chi connectivity index (χ0) is 29.8. The van der Waals surface area contributed by atoms with E-state index in [2.05, 4.69) is 13.2 Å². The SMILES string of the molecule is C=CC(=O)OC(CC)[Si](OCC)(OCC)OC(C)C.C=CC(=O)OC(CC)[Si](OCC)(OCC)OC(C)C. The molecule has 0 fully saturated rings. The molecule has 2 atom stereocenters. The molecule has 0 heterocycles. The van der Waals surface area contributed by atoms with Crippen molar-refractivity contribution >= 4 is 29.5 Å². The molecule has 0 amide bonds. The highest BCUT2D eigenvalue weighted by atomic mass is 28.4. The molecule has 38 heavy (non-hydrogen) atoms. The first-order valence-electron chi connectivity index (χ1n) is 13.5. The fourth-order valence-corrected chi connectivity index (χ4v) is 9.32. The number of ether oxygens (including phenoxy) is 2. The molecule has 0 aromatic carbocycles. The van der Waals surface area contributed by atoms with Gasteiger partial charge in [0.25, 0.3) is 0 Å². The van der Waals surface area contributed by atoms with Gasteiger partial charge in [0, 0.05) is 50.8 Å². The maximum atomic E-state index is 11.4. The van der Waals surface area contributed by atoms with E-state index in [0.717, 1.165) is 12.2 Å². The van der Waals surface area contributed by atoms with Crippen LogP contribution in [0.25, 0.3) is 0 Å². The van der Waals surface area contributed by atoms with Gasteiger partial charge in [-0.3, -0.25) is 0 Å². The highest BCUT2D eigenvalue weighted by Gasteiger charge is 2.53. The van der Waals surface area contributed by atoms with E-state index in [-0.39, 0.29) is 12.2 Å². The average Bonchev–Trinajstić information content (AvgIpc) is 2.85. The lowest BCUT2D eigenvalue weighted by Crippen LogP contribution is -2.59. The van der Waals surface area contributed by atoms with Gasteiger partial charge in [0.1, 0.15) is 0 Å². The van der Waals surface area contributed by atoms with Crippen LogP contribution in [0, 0.1) is 0 Å². The number of rotatable bonds is 20. The molecule has 2 unspecified atom stereocenters. The van der Waals surface area contributed by atoms with E-state index in [4.69, 9.17) is 36.0 Å². The van der Waals surface area contributed by atoms with Crippen LogP contribution in [0.15, 0.2) is 25.3 Å². The van der Waals surface area contributed by atoms with Crippen molar-refractivity contribution in [2.24, 2.45) is 0 Å². The average molecular weight is 581 g/mol. The van der Waals surface area contributed by atoms with Crippen molar-refractivity contribution in [1.29, 1.82) is 0 Å². The maximum Gasteiger partial charge on any atom is 0.544 e. The third-order valence-corrected chi connectivity index (χ3v) is 11.6. The Hall–Kier alpha value is -1.39. The van der Waals surface area contributed by atoms with Crippen molar-refractivity contribution in [3.05, 3.63) is 25.3 Å². The summed E-state index contributed by atoms with van der Waals surface area (Å²) >= 11 is 0. The highest BCUT2D eigenvalue weighted by molar-refractivity contribution is 6.62. The van der Waals surface area contributed by atoms with Crippen LogP contribution in [-0.4, -0.2) is 79.6 Å². The van der Waals surface area contributed by atoms with E-state index in [0.29, 0.717) is 39.3 Å². The van der Waals surface area contributed by atoms with Crippen molar-refractivity contribution in [3.8, 4) is 0 Å². The van der Waals surface area contributed by atoms with E-state index in [1.807, 2.05) is 69.2 Å². The van der Waals surface area contributed by atoms with Gasteiger partial charge in [-0.2, -0.15) is 0 Å². The normalized spacial score (nSPS) is 13.4. The van der Waals surface area contributed by atoms with Gasteiger partial charge in [-0.05, 0) is 68.2 Å². The van der Waals surface area contributed by atoms with E-state index in [1.165, 1.54) is 0 Å².